The lowest BCUT2D eigenvalue weighted by Gasteiger charge is -2.10. The van der Waals surface area contributed by atoms with Crippen molar-refractivity contribution in [2.75, 3.05) is 5.32 Å². The topological polar surface area (TPSA) is 110 Å². The van der Waals surface area contributed by atoms with Gasteiger partial charge in [0.25, 0.3) is 5.56 Å². The molecule has 4 rings (SSSR count). The number of carbonyl (C=O) groups excluding carboxylic acids is 1. The van der Waals surface area contributed by atoms with E-state index in [2.05, 4.69) is 25.5 Å². The number of aryl methyl sites for hydroxylation is 2. The van der Waals surface area contributed by atoms with Gasteiger partial charge < -0.3 is 5.32 Å². The summed E-state index contributed by atoms with van der Waals surface area (Å²) < 4.78 is 2.99. The molecular weight excluding hydrogens is 346 g/mol. The van der Waals surface area contributed by atoms with Gasteiger partial charge in [0.1, 0.15) is 11.2 Å². The first-order chi connectivity index (χ1) is 13.0. The average molecular weight is 369 g/mol. The van der Waals surface area contributed by atoms with E-state index >= 15 is 0 Å². The van der Waals surface area contributed by atoms with Crippen LogP contribution in [0.1, 0.15) is 44.2 Å². The molecule has 0 bridgehead atoms. The Bertz CT molecular complexity index is 1040. The fourth-order valence-electron chi connectivity index (χ4n) is 3.71. The van der Waals surface area contributed by atoms with Crippen molar-refractivity contribution >= 4 is 22.8 Å². The second-order valence-corrected chi connectivity index (χ2v) is 7.22. The maximum absolute atomic E-state index is 12.4. The van der Waals surface area contributed by atoms with Gasteiger partial charge in [-0.2, -0.15) is 19.9 Å². The highest BCUT2D eigenvalue weighted by Crippen LogP contribution is 2.28. The van der Waals surface area contributed by atoms with Crippen LogP contribution in [0.4, 0.5) is 5.82 Å². The smallest absolute Gasteiger partial charge is 0.263 e. The molecule has 1 aliphatic carbocycles. The predicted molar refractivity (Wildman–Crippen MR) is 101 cm³/mol. The molecule has 9 nitrogen and oxygen atoms in total. The molecule has 1 fully saturated rings. The molecule has 3 aromatic rings. The highest BCUT2D eigenvalue weighted by atomic mass is 16.1. The van der Waals surface area contributed by atoms with Crippen molar-refractivity contribution in [2.24, 2.45) is 13.0 Å². The third-order valence-corrected chi connectivity index (χ3v) is 5.14. The molecule has 142 valence electrons. The number of fused-ring (bicyclic) bond motifs is 1. The molecule has 2 N–H and O–H groups in total. The van der Waals surface area contributed by atoms with Crippen LogP contribution in [0.2, 0.25) is 0 Å². The molecule has 1 aliphatic rings. The summed E-state index contributed by atoms with van der Waals surface area (Å²) in [5.74, 6) is 1.35. The van der Waals surface area contributed by atoms with E-state index in [1.165, 1.54) is 41.2 Å². The Balaban J connectivity index is 1.58. The first-order valence-electron chi connectivity index (χ1n) is 9.30. The molecule has 3 heterocycles. The highest BCUT2D eigenvalue weighted by Gasteiger charge is 2.18. The van der Waals surface area contributed by atoms with Crippen molar-refractivity contribution in [3.63, 3.8) is 0 Å². The summed E-state index contributed by atoms with van der Waals surface area (Å²) >= 11 is 0. The van der Waals surface area contributed by atoms with Crippen LogP contribution >= 0.6 is 0 Å². The zero-order chi connectivity index (χ0) is 19.0. The quantitative estimate of drug-likeness (QED) is 0.715. The summed E-state index contributed by atoms with van der Waals surface area (Å²) in [6, 6.07) is 1.76. The Morgan fingerprint density at radius 3 is 2.93 bits per heavy atom. The second-order valence-electron chi connectivity index (χ2n) is 7.22. The summed E-state index contributed by atoms with van der Waals surface area (Å²) in [4.78, 5) is 31.9. The normalized spacial score (nSPS) is 14.9. The molecule has 1 saturated carbocycles. The summed E-state index contributed by atoms with van der Waals surface area (Å²) in [6.45, 7) is 1.82. The van der Waals surface area contributed by atoms with Gasteiger partial charge in [-0.15, -0.1) is 0 Å². The van der Waals surface area contributed by atoms with E-state index in [0.717, 1.165) is 6.42 Å². The van der Waals surface area contributed by atoms with Crippen LogP contribution in [0.3, 0.4) is 0 Å². The Kier molecular flexibility index (Phi) is 4.51. The number of hydrogen-bond donors (Lipinski definition) is 2. The van der Waals surface area contributed by atoms with Crippen molar-refractivity contribution in [3.8, 4) is 5.95 Å². The Labute approximate surface area is 155 Å². The van der Waals surface area contributed by atoms with Gasteiger partial charge in [0.2, 0.25) is 11.9 Å². The number of rotatable bonds is 5. The molecule has 0 saturated heterocycles. The van der Waals surface area contributed by atoms with E-state index in [0.29, 0.717) is 34.9 Å². The maximum atomic E-state index is 12.4. The summed E-state index contributed by atoms with van der Waals surface area (Å²) in [6.07, 6.45) is 7.86. The number of H-pyrrole nitrogens is 1. The van der Waals surface area contributed by atoms with Crippen molar-refractivity contribution in [1.29, 1.82) is 0 Å². The van der Waals surface area contributed by atoms with Crippen LogP contribution < -0.4 is 10.9 Å². The maximum Gasteiger partial charge on any atom is 0.263 e. The predicted octanol–water partition coefficient (Wildman–Crippen LogP) is 2.06. The number of aromatic nitrogens is 6. The summed E-state index contributed by atoms with van der Waals surface area (Å²) in [7, 11) is 1.72. The van der Waals surface area contributed by atoms with Gasteiger partial charge in [-0.1, -0.05) is 25.7 Å². The third-order valence-electron chi connectivity index (χ3n) is 5.14. The van der Waals surface area contributed by atoms with Crippen LogP contribution in [0.15, 0.2) is 17.1 Å². The minimum atomic E-state index is -0.297. The lowest BCUT2D eigenvalue weighted by molar-refractivity contribution is -0.116. The SMILES string of the molecule is Cc1cc(NC(=O)CCC2CCCC2)n(-c2nc3c(cnn3C)c(=O)[nH]2)n1. The number of amides is 1. The van der Waals surface area contributed by atoms with E-state index in [9.17, 15) is 9.59 Å². The largest absolute Gasteiger partial charge is 0.310 e. The number of hydrogen-bond acceptors (Lipinski definition) is 5. The molecule has 3 aromatic heterocycles. The van der Waals surface area contributed by atoms with Crippen LogP contribution in [0.25, 0.3) is 17.0 Å². The lowest BCUT2D eigenvalue weighted by atomic mass is 10.0. The average Bonchev–Trinajstić information content (AvgIpc) is 3.35. The first kappa shape index (κ1) is 17.4. The minimum Gasteiger partial charge on any atom is -0.310 e. The molecular formula is C18H23N7O2. The minimum absolute atomic E-state index is 0.0491. The Hall–Kier alpha value is -2.97. The summed E-state index contributed by atoms with van der Waals surface area (Å²) in [5, 5.41) is 11.8. The van der Waals surface area contributed by atoms with Crippen molar-refractivity contribution in [3.05, 3.63) is 28.3 Å². The highest BCUT2D eigenvalue weighted by molar-refractivity contribution is 5.90. The van der Waals surface area contributed by atoms with Gasteiger partial charge in [-0.25, -0.2) is 0 Å². The van der Waals surface area contributed by atoms with Gasteiger partial charge in [-0.05, 0) is 19.3 Å². The zero-order valence-electron chi connectivity index (χ0n) is 15.5. The number of nitrogens with one attached hydrogen (secondary N) is 2. The van der Waals surface area contributed by atoms with Crippen molar-refractivity contribution in [2.45, 2.75) is 45.4 Å². The third kappa shape index (κ3) is 3.49. The van der Waals surface area contributed by atoms with Gasteiger partial charge >= 0.3 is 0 Å². The van der Waals surface area contributed by atoms with E-state index in [4.69, 9.17) is 0 Å². The van der Waals surface area contributed by atoms with Gasteiger partial charge in [-0.3, -0.25) is 19.3 Å². The molecule has 0 unspecified atom stereocenters. The van der Waals surface area contributed by atoms with Gasteiger partial charge in [0, 0.05) is 19.5 Å². The molecule has 27 heavy (non-hydrogen) atoms. The molecule has 0 aromatic carbocycles. The fourth-order valence-corrected chi connectivity index (χ4v) is 3.71. The van der Waals surface area contributed by atoms with Crippen LogP contribution in [-0.2, 0) is 11.8 Å². The number of nitrogens with zero attached hydrogens (tertiary/aromatic N) is 5. The monoisotopic (exact) mass is 369 g/mol. The van der Waals surface area contributed by atoms with Crippen LogP contribution in [0, 0.1) is 12.8 Å². The van der Waals surface area contributed by atoms with Gasteiger partial charge in [0.05, 0.1) is 11.9 Å². The van der Waals surface area contributed by atoms with Crippen LogP contribution in [0.5, 0.6) is 0 Å². The van der Waals surface area contributed by atoms with Crippen LogP contribution in [-0.4, -0.2) is 35.4 Å². The first-order valence-corrected chi connectivity index (χ1v) is 9.30. The Morgan fingerprint density at radius 1 is 1.37 bits per heavy atom. The van der Waals surface area contributed by atoms with Crippen molar-refractivity contribution in [1.82, 2.24) is 29.5 Å². The number of carbonyl (C=O) groups is 1. The molecule has 1 amide bonds. The van der Waals surface area contributed by atoms with E-state index in [-0.39, 0.29) is 17.4 Å². The van der Waals surface area contributed by atoms with Gasteiger partial charge in [0.15, 0.2) is 5.65 Å². The standard InChI is InChI=1S/C18H23N7O2/c1-11-9-14(20-15(26)8-7-12-5-3-4-6-12)25(23-11)18-21-16-13(17(27)22-18)10-19-24(16)2/h9-10,12H,3-8H2,1-2H3,(H,20,26)(H,21,22,27). The molecule has 0 spiro atoms. The molecule has 0 radical (unpaired) electrons. The second kappa shape index (κ2) is 6.98. The number of anilines is 1. The molecule has 0 aliphatic heterocycles. The fraction of sp³-hybridized carbons (Fsp3) is 0.500. The zero-order valence-corrected chi connectivity index (χ0v) is 15.5. The Morgan fingerprint density at radius 2 is 2.15 bits per heavy atom. The van der Waals surface area contributed by atoms with E-state index in [1.807, 2.05) is 6.92 Å². The van der Waals surface area contributed by atoms with E-state index in [1.54, 1.807) is 13.1 Å². The summed E-state index contributed by atoms with van der Waals surface area (Å²) in [5.41, 5.74) is 0.879. The number of aromatic amines is 1. The van der Waals surface area contributed by atoms with E-state index < -0.39 is 0 Å². The van der Waals surface area contributed by atoms with Crippen molar-refractivity contribution < 1.29 is 4.79 Å². The molecule has 9 heteroatoms. The molecule has 0 atom stereocenters. The lowest BCUT2D eigenvalue weighted by Crippen LogP contribution is -2.19.